The normalized spacial score (nSPS) is 28.7. The van der Waals surface area contributed by atoms with Crippen LogP contribution in [0.3, 0.4) is 0 Å². The number of rotatable bonds is 2. The number of aromatic amines is 1. The second kappa shape index (κ2) is 4.41. The maximum absolute atomic E-state index is 9.58. The number of aromatic nitrogens is 1. The minimum atomic E-state index is -0.149. The van der Waals surface area contributed by atoms with Crippen molar-refractivity contribution in [1.82, 2.24) is 4.98 Å². The van der Waals surface area contributed by atoms with Crippen LogP contribution >= 0.6 is 0 Å². The van der Waals surface area contributed by atoms with Gasteiger partial charge in [0.15, 0.2) is 0 Å². The number of fused-ring (bicyclic) bond motifs is 1. The number of nitrogens with one attached hydrogen (secondary N) is 1. The first-order valence-electron chi connectivity index (χ1n) is 6.68. The first kappa shape index (κ1) is 11.8. The summed E-state index contributed by atoms with van der Waals surface area (Å²) in [6.45, 7) is 0. The molecule has 2 aromatic rings. The molecule has 0 bridgehead atoms. The summed E-state index contributed by atoms with van der Waals surface area (Å²) in [4.78, 5) is 3.30. The smallest absolute Gasteiger partial charge is 0.0541 e. The molecule has 0 atom stereocenters. The highest BCUT2D eigenvalue weighted by atomic mass is 16.3. The third-order valence-electron chi connectivity index (χ3n) is 4.17. The van der Waals surface area contributed by atoms with Crippen molar-refractivity contribution in [2.45, 2.75) is 43.7 Å². The van der Waals surface area contributed by atoms with Gasteiger partial charge in [-0.05, 0) is 43.7 Å². The lowest BCUT2D eigenvalue weighted by Gasteiger charge is -2.35. The van der Waals surface area contributed by atoms with Gasteiger partial charge in [-0.3, -0.25) is 0 Å². The summed E-state index contributed by atoms with van der Waals surface area (Å²) in [5.41, 5.74) is 8.80. The topological polar surface area (TPSA) is 62.0 Å². The molecule has 3 heteroatoms. The average molecular weight is 244 g/mol. The summed E-state index contributed by atoms with van der Waals surface area (Å²) in [5, 5.41) is 10.8. The molecule has 1 heterocycles. The minimum Gasteiger partial charge on any atom is -0.393 e. The van der Waals surface area contributed by atoms with E-state index in [1.54, 1.807) is 0 Å². The van der Waals surface area contributed by atoms with Gasteiger partial charge in [-0.1, -0.05) is 18.2 Å². The van der Waals surface area contributed by atoms with Crippen LogP contribution in [0, 0.1) is 0 Å². The monoisotopic (exact) mass is 244 g/mol. The van der Waals surface area contributed by atoms with Gasteiger partial charge in [0.05, 0.1) is 6.10 Å². The molecular weight excluding hydrogens is 224 g/mol. The van der Waals surface area contributed by atoms with Gasteiger partial charge in [-0.2, -0.15) is 0 Å². The van der Waals surface area contributed by atoms with Gasteiger partial charge in [0.25, 0.3) is 0 Å². The van der Waals surface area contributed by atoms with E-state index in [2.05, 4.69) is 29.4 Å². The highest BCUT2D eigenvalue weighted by Gasteiger charge is 2.31. The second-order valence-corrected chi connectivity index (χ2v) is 5.63. The van der Waals surface area contributed by atoms with Crippen molar-refractivity contribution in [1.29, 1.82) is 0 Å². The molecule has 1 aromatic carbocycles. The lowest BCUT2D eigenvalue weighted by Crippen LogP contribution is -2.46. The molecule has 1 aliphatic rings. The van der Waals surface area contributed by atoms with E-state index < -0.39 is 0 Å². The zero-order valence-electron chi connectivity index (χ0n) is 10.5. The van der Waals surface area contributed by atoms with Gasteiger partial charge in [0.1, 0.15) is 0 Å². The Labute approximate surface area is 107 Å². The molecule has 18 heavy (non-hydrogen) atoms. The lowest BCUT2D eigenvalue weighted by molar-refractivity contribution is 0.0974. The average Bonchev–Trinajstić information content (AvgIpc) is 2.77. The molecule has 0 radical (unpaired) electrons. The molecule has 3 rings (SSSR count). The molecule has 0 aliphatic heterocycles. The molecular formula is C15H20N2O. The number of nitrogens with two attached hydrogens (primary N) is 1. The molecule has 96 valence electrons. The number of aliphatic hydroxyl groups is 1. The fourth-order valence-corrected chi connectivity index (χ4v) is 3.01. The Morgan fingerprint density at radius 1 is 1.28 bits per heavy atom. The predicted octanol–water partition coefficient (Wildman–Crippen LogP) is 2.34. The van der Waals surface area contributed by atoms with Crippen molar-refractivity contribution in [2.75, 3.05) is 0 Å². The summed E-state index contributed by atoms with van der Waals surface area (Å²) in [6, 6.07) is 8.33. The van der Waals surface area contributed by atoms with Gasteiger partial charge < -0.3 is 15.8 Å². The van der Waals surface area contributed by atoms with E-state index >= 15 is 0 Å². The van der Waals surface area contributed by atoms with Gasteiger partial charge in [-0.25, -0.2) is 0 Å². The molecule has 0 saturated heterocycles. The summed E-state index contributed by atoms with van der Waals surface area (Å²) in [5.74, 6) is 0. The van der Waals surface area contributed by atoms with Crippen molar-refractivity contribution >= 4 is 10.9 Å². The first-order valence-corrected chi connectivity index (χ1v) is 6.68. The van der Waals surface area contributed by atoms with Crippen LogP contribution in [0.1, 0.15) is 31.2 Å². The Balaban J connectivity index is 1.84. The lowest BCUT2D eigenvalue weighted by atomic mass is 9.77. The summed E-state index contributed by atoms with van der Waals surface area (Å²) < 4.78 is 0. The van der Waals surface area contributed by atoms with Crippen LogP contribution < -0.4 is 5.73 Å². The van der Waals surface area contributed by atoms with Crippen molar-refractivity contribution in [3.8, 4) is 0 Å². The van der Waals surface area contributed by atoms with Gasteiger partial charge >= 0.3 is 0 Å². The van der Waals surface area contributed by atoms with Crippen molar-refractivity contribution in [3.63, 3.8) is 0 Å². The fourth-order valence-electron chi connectivity index (χ4n) is 3.01. The van der Waals surface area contributed by atoms with Gasteiger partial charge in [0, 0.05) is 22.6 Å². The van der Waals surface area contributed by atoms with Crippen molar-refractivity contribution in [3.05, 3.63) is 36.0 Å². The second-order valence-electron chi connectivity index (χ2n) is 5.63. The zero-order chi connectivity index (χ0) is 12.6. The van der Waals surface area contributed by atoms with Crippen LogP contribution in [0.4, 0.5) is 0 Å². The number of hydrogen-bond donors (Lipinski definition) is 3. The third kappa shape index (κ3) is 2.16. The highest BCUT2D eigenvalue weighted by molar-refractivity contribution is 5.83. The largest absolute Gasteiger partial charge is 0.393 e. The number of H-pyrrole nitrogens is 1. The number of benzene rings is 1. The zero-order valence-corrected chi connectivity index (χ0v) is 10.5. The van der Waals surface area contributed by atoms with Crippen molar-refractivity contribution < 1.29 is 5.11 Å². The summed E-state index contributed by atoms with van der Waals surface area (Å²) >= 11 is 0. The van der Waals surface area contributed by atoms with Crippen LogP contribution in [0.2, 0.25) is 0 Å². The maximum atomic E-state index is 9.58. The molecule has 0 amide bonds. The minimum absolute atomic E-state index is 0.148. The highest BCUT2D eigenvalue weighted by Crippen LogP contribution is 2.31. The Hall–Kier alpha value is -1.32. The molecule has 4 N–H and O–H groups in total. The van der Waals surface area contributed by atoms with E-state index in [1.165, 1.54) is 16.5 Å². The quantitative estimate of drug-likeness (QED) is 0.759. The molecule has 1 aromatic heterocycles. The third-order valence-corrected chi connectivity index (χ3v) is 4.17. The van der Waals surface area contributed by atoms with Crippen LogP contribution in [0.15, 0.2) is 30.5 Å². The molecule has 3 nitrogen and oxygen atoms in total. The van der Waals surface area contributed by atoms with E-state index in [9.17, 15) is 5.11 Å². The van der Waals surface area contributed by atoms with Crippen LogP contribution in [0.5, 0.6) is 0 Å². The predicted molar refractivity (Wildman–Crippen MR) is 73.4 cm³/mol. The molecule has 1 fully saturated rings. The standard InChI is InChI=1S/C15H20N2O/c16-15(7-5-12(18)6-8-15)9-11-10-17-14-4-2-1-3-13(11)14/h1-4,10,12,17-18H,5-9,16H2. The van der Waals surface area contributed by atoms with E-state index in [1.807, 2.05) is 6.07 Å². The van der Waals surface area contributed by atoms with Crippen LogP contribution in [-0.2, 0) is 6.42 Å². The van der Waals surface area contributed by atoms with E-state index in [0.29, 0.717) is 0 Å². The molecule has 0 spiro atoms. The Morgan fingerprint density at radius 3 is 2.78 bits per heavy atom. The van der Waals surface area contributed by atoms with Crippen molar-refractivity contribution in [2.24, 2.45) is 5.73 Å². The molecule has 0 unspecified atom stereocenters. The molecule has 1 saturated carbocycles. The van der Waals surface area contributed by atoms with Crippen LogP contribution in [0.25, 0.3) is 10.9 Å². The van der Waals surface area contributed by atoms with E-state index in [0.717, 1.165) is 32.1 Å². The Morgan fingerprint density at radius 2 is 2.00 bits per heavy atom. The van der Waals surface area contributed by atoms with Gasteiger partial charge in [0.2, 0.25) is 0 Å². The Bertz CT molecular complexity index is 538. The Kier molecular flexibility index (Phi) is 2.88. The molecule has 1 aliphatic carbocycles. The number of aliphatic hydroxyl groups excluding tert-OH is 1. The summed E-state index contributed by atoms with van der Waals surface area (Å²) in [7, 11) is 0. The SMILES string of the molecule is NC1(Cc2c[nH]c3ccccc23)CCC(O)CC1. The van der Waals surface area contributed by atoms with E-state index in [-0.39, 0.29) is 11.6 Å². The maximum Gasteiger partial charge on any atom is 0.0541 e. The fraction of sp³-hybridized carbons (Fsp3) is 0.467. The van der Waals surface area contributed by atoms with Gasteiger partial charge in [-0.15, -0.1) is 0 Å². The summed E-state index contributed by atoms with van der Waals surface area (Å²) in [6.07, 6.45) is 6.30. The van der Waals surface area contributed by atoms with E-state index in [4.69, 9.17) is 5.73 Å². The number of para-hydroxylation sites is 1. The first-order chi connectivity index (χ1) is 8.66. The number of hydrogen-bond acceptors (Lipinski definition) is 2. The van der Waals surface area contributed by atoms with Crippen LogP contribution in [-0.4, -0.2) is 21.7 Å².